The van der Waals surface area contributed by atoms with Crippen LogP contribution >= 0.6 is 11.6 Å². The van der Waals surface area contributed by atoms with E-state index in [1.807, 2.05) is 0 Å². The van der Waals surface area contributed by atoms with Crippen molar-refractivity contribution >= 4 is 23.6 Å². The molecule has 0 aliphatic carbocycles. The average Bonchev–Trinajstić information content (AvgIpc) is 2.72. The van der Waals surface area contributed by atoms with Crippen LogP contribution in [0.4, 0.5) is 9.18 Å². The molecule has 0 bridgehead atoms. The van der Waals surface area contributed by atoms with Gasteiger partial charge in [-0.2, -0.15) is 0 Å². The molecule has 8 heteroatoms. The first-order chi connectivity index (χ1) is 14.5. The first kappa shape index (κ1) is 21.6. The van der Waals surface area contributed by atoms with E-state index in [4.69, 9.17) is 21.1 Å². The van der Waals surface area contributed by atoms with Crippen molar-refractivity contribution in [3.05, 3.63) is 76.2 Å². The van der Waals surface area contributed by atoms with Gasteiger partial charge in [-0.05, 0) is 38.1 Å². The van der Waals surface area contributed by atoms with Gasteiger partial charge >= 0.3 is 12.0 Å². The van der Waals surface area contributed by atoms with Crippen molar-refractivity contribution in [2.45, 2.75) is 19.9 Å². The summed E-state index contributed by atoms with van der Waals surface area (Å²) in [6.45, 7) is 3.77. The van der Waals surface area contributed by atoms with Crippen LogP contribution in [0.2, 0.25) is 5.02 Å². The minimum Gasteiger partial charge on any atom is -0.487 e. The lowest BCUT2D eigenvalue weighted by Crippen LogP contribution is -2.49. The molecule has 1 heterocycles. The molecule has 0 saturated heterocycles. The summed E-state index contributed by atoms with van der Waals surface area (Å²) in [5.74, 6) is -0.707. The fourth-order valence-electron chi connectivity index (χ4n) is 3.29. The van der Waals surface area contributed by atoms with Crippen LogP contribution in [0.15, 0.2) is 59.8 Å². The molecule has 0 unspecified atom stereocenters. The maximum Gasteiger partial charge on any atom is 0.338 e. The summed E-state index contributed by atoms with van der Waals surface area (Å²) < 4.78 is 25.6. The van der Waals surface area contributed by atoms with Crippen molar-refractivity contribution in [3.63, 3.8) is 0 Å². The molecule has 1 aliphatic heterocycles. The van der Waals surface area contributed by atoms with Crippen molar-refractivity contribution in [1.82, 2.24) is 10.2 Å². The highest BCUT2D eigenvalue weighted by Crippen LogP contribution is 2.33. The SMILES string of the molecule is CCOC(=O)C1=C(COc2cccc(Cl)c2)N(CC)C(=O)N[C@@H]1c1ccccc1F. The van der Waals surface area contributed by atoms with Crippen LogP contribution in [-0.2, 0) is 9.53 Å². The highest BCUT2D eigenvalue weighted by molar-refractivity contribution is 6.30. The maximum atomic E-state index is 14.5. The Morgan fingerprint density at radius 3 is 2.63 bits per heavy atom. The quantitative estimate of drug-likeness (QED) is 0.656. The van der Waals surface area contributed by atoms with E-state index in [1.54, 1.807) is 50.2 Å². The Kier molecular flexibility index (Phi) is 6.95. The number of esters is 1. The molecule has 2 aromatic rings. The van der Waals surface area contributed by atoms with Gasteiger partial charge < -0.3 is 14.8 Å². The van der Waals surface area contributed by atoms with Crippen molar-refractivity contribution in [1.29, 1.82) is 0 Å². The van der Waals surface area contributed by atoms with Crippen molar-refractivity contribution in [2.75, 3.05) is 19.8 Å². The van der Waals surface area contributed by atoms with Gasteiger partial charge in [-0.25, -0.2) is 14.0 Å². The van der Waals surface area contributed by atoms with Crippen LogP contribution in [0.25, 0.3) is 0 Å². The number of amides is 2. The molecule has 0 radical (unpaired) electrons. The number of hydrogen-bond donors (Lipinski definition) is 1. The molecular formula is C22H22ClFN2O4. The molecule has 1 aliphatic rings. The van der Waals surface area contributed by atoms with Crippen molar-refractivity contribution < 1.29 is 23.5 Å². The van der Waals surface area contributed by atoms with E-state index in [2.05, 4.69) is 5.32 Å². The molecule has 0 aromatic heterocycles. The molecule has 0 fully saturated rings. The van der Waals surface area contributed by atoms with Gasteiger partial charge in [-0.15, -0.1) is 0 Å². The first-order valence-corrected chi connectivity index (χ1v) is 9.95. The molecule has 2 aromatic carbocycles. The number of urea groups is 1. The number of nitrogens with one attached hydrogen (secondary N) is 1. The highest BCUT2D eigenvalue weighted by Gasteiger charge is 2.38. The predicted molar refractivity (Wildman–Crippen MR) is 111 cm³/mol. The third-order valence-corrected chi connectivity index (χ3v) is 4.87. The summed E-state index contributed by atoms with van der Waals surface area (Å²) in [7, 11) is 0. The Bertz CT molecular complexity index is 979. The molecule has 158 valence electrons. The van der Waals surface area contributed by atoms with E-state index in [1.165, 1.54) is 17.0 Å². The number of hydrogen-bond acceptors (Lipinski definition) is 4. The molecule has 3 rings (SSSR count). The number of ether oxygens (including phenoxy) is 2. The number of halogens is 2. The molecule has 2 amide bonds. The van der Waals surface area contributed by atoms with Crippen LogP contribution in [0.1, 0.15) is 25.5 Å². The van der Waals surface area contributed by atoms with Gasteiger partial charge in [-0.3, -0.25) is 4.90 Å². The minimum absolute atomic E-state index is 0.0965. The van der Waals surface area contributed by atoms with Gasteiger partial charge in [0.1, 0.15) is 18.2 Å². The van der Waals surface area contributed by atoms with E-state index in [-0.39, 0.29) is 30.9 Å². The fraction of sp³-hybridized carbons (Fsp3) is 0.273. The van der Waals surface area contributed by atoms with E-state index in [0.717, 1.165) is 0 Å². The number of nitrogens with zero attached hydrogens (tertiary/aromatic N) is 1. The van der Waals surface area contributed by atoms with Gasteiger partial charge in [0.15, 0.2) is 0 Å². The fourth-order valence-corrected chi connectivity index (χ4v) is 3.47. The van der Waals surface area contributed by atoms with Crippen LogP contribution in [0.5, 0.6) is 5.75 Å². The Morgan fingerprint density at radius 1 is 1.20 bits per heavy atom. The number of carbonyl (C=O) groups is 2. The summed E-state index contributed by atoms with van der Waals surface area (Å²) in [5.41, 5.74) is 0.614. The van der Waals surface area contributed by atoms with Gasteiger partial charge in [0, 0.05) is 17.1 Å². The summed E-state index contributed by atoms with van der Waals surface area (Å²) in [4.78, 5) is 27.0. The smallest absolute Gasteiger partial charge is 0.338 e. The topological polar surface area (TPSA) is 67.9 Å². The van der Waals surface area contributed by atoms with Crippen LogP contribution in [0, 0.1) is 5.82 Å². The maximum absolute atomic E-state index is 14.5. The number of benzene rings is 2. The van der Waals surface area contributed by atoms with Crippen molar-refractivity contribution in [2.24, 2.45) is 0 Å². The lowest BCUT2D eigenvalue weighted by molar-refractivity contribution is -0.139. The molecule has 30 heavy (non-hydrogen) atoms. The lowest BCUT2D eigenvalue weighted by Gasteiger charge is -2.36. The lowest BCUT2D eigenvalue weighted by atomic mass is 9.94. The largest absolute Gasteiger partial charge is 0.487 e. The first-order valence-electron chi connectivity index (χ1n) is 9.57. The molecular weight excluding hydrogens is 411 g/mol. The summed E-state index contributed by atoms with van der Waals surface area (Å²) >= 11 is 6.00. The second kappa shape index (κ2) is 9.63. The minimum atomic E-state index is -1.00. The van der Waals surface area contributed by atoms with Gasteiger partial charge in [0.25, 0.3) is 0 Å². The van der Waals surface area contributed by atoms with E-state index in [0.29, 0.717) is 16.5 Å². The van der Waals surface area contributed by atoms with Crippen LogP contribution in [-0.4, -0.2) is 36.7 Å². The number of likely N-dealkylation sites (N-methyl/N-ethyl adjacent to an activating group) is 1. The molecule has 6 nitrogen and oxygen atoms in total. The Morgan fingerprint density at radius 2 is 1.97 bits per heavy atom. The molecule has 1 atom stereocenters. The Labute approximate surface area is 179 Å². The highest BCUT2D eigenvalue weighted by atomic mass is 35.5. The van der Waals surface area contributed by atoms with Gasteiger partial charge in [0.2, 0.25) is 0 Å². The van der Waals surface area contributed by atoms with E-state index < -0.39 is 23.9 Å². The number of rotatable bonds is 7. The normalized spacial score (nSPS) is 16.3. The van der Waals surface area contributed by atoms with Crippen LogP contribution < -0.4 is 10.1 Å². The van der Waals surface area contributed by atoms with Gasteiger partial charge in [-0.1, -0.05) is 35.9 Å². The zero-order valence-electron chi connectivity index (χ0n) is 16.7. The third-order valence-electron chi connectivity index (χ3n) is 4.64. The van der Waals surface area contributed by atoms with E-state index >= 15 is 0 Å². The molecule has 0 saturated carbocycles. The van der Waals surface area contributed by atoms with Crippen LogP contribution in [0.3, 0.4) is 0 Å². The second-order valence-corrected chi connectivity index (χ2v) is 6.91. The average molecular weight is 433 g/mol. The van der Waals surface area contributed by atoms with Crippen molar-refractivity contribution in [3.8, 4) is 5.75 Å². The zero-order chi connectivity index (χ0) is 21.7. The molecule has 0 spiro atoms. The monoisotopic (exact) mass is 432 g/mol. The Hall–Kier alpha value is -3.06. The van der Waals surface area contributed by atoms with Gasteiger partial charge in [0.05, 0.1) is 23.9 Å². The summed E-state index contributed by atoms with van der Waals surface area (Å²) in [6, 6.07) is 11.3. The summed E-state index contributed by atoms with van der Waals surface area (Å²) in [6.07, 6.45) is 0. The standard InChI is InChI=1S/C22H22ClFN2O4/c1-3-26-18(13-30-15-9-7-8-14(23)12-15)19(21(27)29-4-2)20(25-22(26)28)16-10-5-6-11-17(16)24/h5-12,20H,3-4,13H2,1-2H3,(H,25,28)/t20-/m1/s1. The summed E-state index contributed by atoms with van der Waals surface area (Å²) in [5, 5.41) is 3.20. The Balaban J connectivity index is 2.09. The van der Waals surface area contributed by atoms with E-state index in [9.17, 15) is 14.0 Å². The predicted octanol–water partition coefficient (Wildman–Crippen LogP) is 4.46. The molecule has 1 N–H and O–H groups in total. The number of carbonyl (C=O) groups excluding carboxylic acids is 2. The second-order valence-electron chi connectivity index (χ2n) is 6.48. The zero-order valence-corrected chi connectivity index (χ0v) is 17.4. The third kappa shape index (κ3) is 4.57.